The molecule has 0 saturated carbocycles. The van der Waals surface area contributed by atoms with Crippen LogP contribution in [0.25, 0.3) is 0 Å². The van der Waals surface area contributed by atoms with Gasteiger partial charge in [0.1, 0.15) is 11.9 Å². The Morgan fingerprint density at radius 1 is 1.27 bits per heavy atom. The Morgan fingerprint density at radius 2 is 2.08 bits per heavy atom. The van der Waals surface area contributed by atoms with Gasteiger partial charge in [0, 0.05) is 18.4 Å². The van der Waals surface area contributed by atoms with E-state index in [1.54, 1.807) is 30.5 Å². The predicted molar refractivity (Wildman–Crippen MR) is 96.0 cm³/mol. The van der Waals surface area contributed by atoms with Crippen LogP contribution in [-0.2, 0) is 0 Å². The molecule has 1 N–H and O–H groups in total. The number of aromatic nitrogens is 1. The minimum Gasteiger partial charge on any atom is -0.259 e. The number of nitrogens with one attached hydrogen (secondary N) is 1. The van der Waals surface area contributed by atoms with Gasteiger partial charge < -0.3 is 0 Å². The third-order valence-corrected chi connectivity index (χ3v) is 4.22. The Morgan fingerprint density at radius 3 is 2.77 bits per heavy atom. The standard InChI is InChI=1S/C20H15FN4O/c21-18-13-16(6-7-17(18)14-22)4-1-3-15-8-11-25(12-9-15)20-19(24-26)5-2-10-23-20/h2-3,5-7,10,13H,8-9,11-12H2/p+1. The maximum atomic E-state index is 13.6. The number of hydrogen-bond donors (Lipinski definition) is 0. The summed E-state index contributed by atoms with van der Waals surface area (Å²) in [5.41, 5.74) is 2.17. The lowest BCUT2D eigenvalue weighted by atomic mass is 10.0. The molecule has 0 unspecified atom stereocenters. The number of rotatable bonds is 2. The number of anilines is 1. The van der Waals surface area contributed by atoms with E-state index in [4.69, 9.17) is 5.26 Å². The third-order valence-electron chi connectivity index (χ3n) is 4.22. The van der Waals surface area contributed by atoms with Gasteiger partial charge in [-0.2, -0.15) is 5.26 Å². The van der Waals surface area contributed by atoms with Crippen molar-refractivity contribution in [1.29, 1.82) is 5.26 Å². The number of piperidine rings is 1. The Hall–Kier alpha value is -3.51. The smallest absolute Gasteiger partial charge is 0.259 e. The fraction of sp³-hybridized carbons (Fsp3) is 0.200. The van der Waals surface area contributed by atoms with Crippen LogP contribution >= 0.6 is 0 Å². The number of hydrogen-bond acceptors (Lipinski definition) is 4. The molecule has 0 radical (unpaired) electrons. The Bertz CT molecular complexity index is 956. The molecular formula is C20H16FN4O+. The van der Waals surface area contributed by atoms with Crippen molar-refractivity contribution in [2.45, 2.75) is 12.8 Å². The second-order valence-electron chi connectivity index (χ2n) is 5.86. The van der Waals surface area contributed by atoms with Crippen LogP contribution in [0, 0.1) is 33.9 Å². The fourth-order valence-electron chi connectivity index (χ4n) is 2.81. The van der Waals surface area contributed by atoms with Crippen LogP contribution in [0.5, 0.6) is 0 Å². The molecule has 0 amide bonds. The summed E-state index contributed by atoms with van der Waals surface area (Å²) in [6.07, 6.45) is 5.30. The number of nitrogens with zero attached hydrogens (tertiary/aromatic N) is 3. The Labute approximate surface area is 150 Å². The quantitative estimate of drug-likeness (QED) is 0.617. The molecule has 2 heterocycles. The highest BCUT2D eigenvalue weighted by atomic mass is 19.1. The van der Waals surface area contributed by atoms with Gasteiger partial charge in [0.2, 0.25) is 0 Å². The number of nitroso groups, excluding NO2 is 1. The zero-order valence-corrected chi connectivity index (χ0v) is 14.0. The summed E-state index contributed by atoms with van der Waals surface area (Å²) < 4.78 is 13.6. The molecule has 1 saturated heterocycles. The van der Waals surface area contributed by atoms with Gasteiger partial charge in [-0.3, -0.25) is 4.90 Å². The molecule has 2 aromatic rings. The number of pyridine rings is 1. The van der Waals surface area contributed by atoms with Crippen molar-refractivity contribution in [3.8, 4) is 17.9 Å². The van der Waals surface area contributed by atoms with Crippen LogP contribution in [0.2, 0.25) is 0 Å². The van der Waals surface area contributed by atoms with E-state index in [0.717, 1.165) is 31.7 Å². The lowest BCUT2D eigenvalue weighted by Crippen LogP contribution is -2.34. The molecule has 6 heteroatoms. The number of halogens is 1. The summed E-state index contributed by atoms with van der Waals surface area (Å²) in [4.78, 5) is 16.1. The van der Waals surface area contributed by atoms with Crippen molar-refractivity contribution < 1.29 is 9.37 Å². The van der Waals surface area contributed by atoms with Gasteiger partial charge in [-0.15, -0.1) is 4.91 Å². The molecule has 0 aliphatic carbocycles. The highest BCUT2D eigenvalue weighted by Crippen LogP contribution is 2.26. The van der Waals surface area contributed by atoms with Crippen molar-refractivity contribution in [3.63, 3.8) is 0 Å². The van der Waals surface area contributed by atoms with E-state index < -0.39 is 5.82 Å². The molecule has 26 heavy (non-hydrogen) atoms. The number of H-pyrrole nitrogens is 1. The van der Waals surface area contributed by atoms with Gasteiger partial charge >= 0.3 is 5.82 Å². The summed E-state index contributed by atoms with van der Waals surface area (Å²) in [5.74, 6) is 6.03. The summed E-state index contributed by atoms with van der Waals surface area (Å²) in [5, 5.41) is 11.8. The molecule has 128 valence electrons. The van der Waals surface area contributed by atoms with E-state index in [-0.39, 0.29) is 5.56 Å². The average molecular weight is 347 g/mol. The minimum atomic E-state index is -0.557. The van der Waals surface area contributed by atoms with E-state index in [0.29, 0.717) is 11.3 Å². The zero-order valence-electron chi connectivity index (χ0n) is 14.0. The summed E-state index contributed by atoms with van der Waals surface area (Å²) in [6.45, 7) is 1.53. The molecule has 1 aromatic heterocycles. The molecular weight excluding hydrogens is 331 g/mol. The van der Waals surface area contributed by atoms with Gasteiger partial charge in [-0.05, 0) is 41.6 Å². The van der Waals surface area contributed by atoms with E-state index in [9.17, 15) is 9.30 Å². The minimum absolute atomic E-state index is 0.0168. The highest BCUT2D eigenvalue weighted by Gasteiger charge is 2.24. The van der Waals surface area contributed by atoms with Crippen LogP contribution in [0.15, 0.2) is 53.4 Å². The van der Waals surface area contributed by atoms with Gasteiger partial charge in [-0.25, -0.2) is 9.37 Å². The fourth-order valence-corrected chi connectivity index (χ4v) is 2.81. The van der Waals surface area contributed by atoms with E-state index in [2.05, 4.69) is 26.9 Å². The normalized spacial score (nSPS) is 13.4. The molecule has 1 aliphatic rings. The summed E-state index contributed by atoms with van der Waals surface area (Å²) in [7, 11) is 0. The first-order chi connectivity index (χ1) is 12.7. The Balaban J connectivity index is 1.65. The van der Waals surface area contributed by atoms with E-state index in [1.165, 1.54) is 17.7 Å². The first-order valence-corrected chi connectivity index (χ1v) is 8.19. The SMILES string of the molecule is N#Cc1ccc(C#CC=C2CCN(c3[nH+]cccc3N=O)CC2)cc1F. The molecule has 1 aliphatic heterocycles. The van der Waals surface area contributed by atoms with E-state index in [1.807, 2.05) is 6.08 Å². The van der Waals surface area contributed by atoms with Crippen LogP contribution in [0.3, 0.4) is 0 Å². The van der Waals surface area contributed by atoms with Gasteiger partial charge in [0.25, 0.3) is 0 Å². The lowest BCUT2D eigenvalue weighted by Gasteiger charge is -2.23. The maximum absolute atomic E-state index is 13.6. The third kappa shape index (κ3) is 3.93. The van der Waals surface area contributed by atoms with Crippen LogP contribution < -0.4 is 9.88 Å². The molecule has 1 aromatic carbocycles. The first-order valence-electron chi connectivity index (χ1n) is 8.19. The largest absolute Gasteiger partial charge is 0.304 e. The zero-order chi connectivity index (χ0) is 18.4. The van der Waals surface area contributed by atoms with Crippen molar-refractivity contribution >= 4 is 11.5 Å². The second-order valence-corrected chi connectivity index (χ2v) is 5.86. The second kappa shape index (κ2) is 8.04. The summed E-state index contributed by atoms with van der Waals surface area (Å²) in [6, 6.07) is 9.56. The number of benzene rings is 1. The molecule has 3 rings (SSSR count). The molecule has 0 atom stereocenters. The first kappa shape index (κ1) is 17.3. The van der Waals surface area contributed by atoms with Gasteiger partial charge in [0.15, 0.2) is 5.69 Å². The Kier molecular flexibility index (Phi) is 5.36. The summed E-state index contributed by atoms with van der Waals surface area (Å²) >= 11 is 0. The average Bonchev–Trinajstić information content (AvgIpc) is 2.69. The molecule has 5 nitrogen and oxygen atoms in total. The van der Waals surface area contributed by atoms with Gasteiger partial charge in [-0.1, -0.05) is 17.4 Å². The number of nitriles is 1. The predicted octanol–water partition coefficient (Wildman–Crippen LogP) is 3.49. The topological polar surface area (TPSA) is 70.6 Å². The molecule has 0 spiro atoms. The van der Waals surface area contributed by atoms with Gasteiger partial charge in [0.05, 0.1) is 24.8 Å². The lowest BCUT2D eigenvalue weighted by molar-refractivity contribution is -0.363. The number of aromatic amines is 1. The molecule has 0 bridgehead atoms. The van der Waals surface area contributed by atoms with Crippen LogP contribution in [0.4, 0.5) is 15.9 Å². The highest BCUT2D eigenvalue weighted by molar-refractivity contribution is 5.58. The number of allylic oxidation sites excluding steroid dienone is 1. The van der Waals surface area contributed by atoms with Crippen molar-refractivity contribution in [2.75, 3.05) is 18.0 Å². The van der Waals surface area contributed by atoms with E-state index >= 15 is 0 Å². The van der Waals surface area contributed by atoms with Crippen molar-refractivity contribution in [3.05, 3.63) is 70.0 Å². The molecule has 1 fully saturated rings. The van der Waals surface area contributed by atoms with Crippen molar-refractivity contribution in [2.24, 2.45) is 5.18 Å². The van der Waals surface area contributed by atoms with Crippen LogP contribution in [-0.4, -0.2) is 13.1 Å². The van der Waals surface area contributed by atoms with Crippen LogP contribution in [0.1, 0.15) is 24.0 Å². The van der Waals surface area contributed by atoms with Crippen molar-refractivity contribution in [1.82, 2.24) is 0 Å². The monoisotopic (exact) mass is 347 g/mol. The maximum Gasteiger partial charge on any atom is 0.304 e.